The second kappa shape index (κ2) is 10.4. The van der Waals surface area contributed by atoms with E-state index in [2.05, 4.69) is 46.4 Å². The molecule has 6 rings (SSSR count). The zero-order chi connectivity index (χ0) is 27.1. The molecule has 0 spiro atoms. The monoisotopic (exact) mass is 523 g/mol. The van der Waals surface area contributed by atoms with Gasteiger partial charge < -0.3 is 18.8 Å². The molecule has 7 heteroatoms. The third-order valence-electron chi connectivity index (χ3n) is 8.66. The highest BCUT2D eigenvalue weighted by Gasteiger charge is 2.28. The number of amides is 1. The van der Waals surface area contributed by atoms with Crippen molar-refractivity contribution in [3.8, 4) is 23.3 Å². The number of rotatable bonds is 8. The second-order valence-electron chi connectivity index (χ2n) is 11.3. The SMILES string of the molecule is CC[C@@H]1CCCN(C(=O)c2cc(OC)c3c(c2)nc(-c2cc4cccc(CCC#N)c4n2CC2CC2)n3C)C1. The highest BCUT2D eigenvalue weighted by molar-refractivity contribution is 6.00. The molecule has 2 aromatic carbocycles. The molecule has 1 saturated carbocycles. The lowest BCUT2D eigenvalue weighted by Crippen LogP contribution is -2.39. The fraction of sp³-hybridized carbons (Fsp3) is 0.469. The largest absolute Gasteiger partial charge is 0.494 e. The molecule has 7 nitrogen and oxygen atoms in total. The van der Waals surface area contributed by atoms with Gasteiger partial charge in [0.15, 0.2) is 5.82 Å². The van der Waals surface area contributed by atoms with Gasteiger partial charge in [0.1, 0.15) is 11.3 Å². The number of imidazole rings is 1. The first-order valence-electron chi connectivity index (χ1n) is 14.3. The van der Waals surface area contributed by atoms with Crippen LogP contribution in [0.4, 0.5) is 0 Å². The quantitative estimate of drug-likeness (QED) is 0.270. The molecule has 0 unspecified atom stereocenters. The molecule has 1 aliphatic heterocycles. The highest BCUT2D eigenvalue weighted by atomic mass is 16.5. The highest BCUT2D eigenvalue weighted by Crippen LogP contribution is 2.39. The Morgan fingerprint density at radius 2 is 2.00 bits per heavy atom. The second-order valence-corrected chi connectivity index (χ2v) is 11.3. The van der Waals surface area contributed by atoms with E-state index in [1.54, 1.807) is 7.11 Å². The van der Waals surface area contributed by atoms with E-state index < -0.39 is 0 Å². The van der Waals surface area contributed by atoms with Crippen molar-refractivity contribution in [1.29, 1.82) is 5.26 Å². The Bertz CT molecular complexity index is 1590. The number of fused-ring (bicyclic) bond motifs is 2. The number of nitriles is 1. The Morgan fingerprint density at radius 1 is 1.15 bits per heavy atom. The van der Waals surface area contributed by atoms with Crippen molar-refractivity contribution < 1.29 is 9.53 Å². The number of aryl methyl sites for hydroxylation is 2. The normalized spacial score (nSPS) is 17.6. The predicted molar refractivity (Wildman–Crippen MR) is 154 cm³/mol. The van der Waals surface area contributed by atoms with E-state index in [9.17, 15) is 10.1 Å². The van der Waals surface area contributed by atoms with Gasteiger partial charge in [0.25, 0.3) is 5.91 Å². The minimum atomic E-state index is 0.0607. The lowest BCUT2D eigenvalue weighted by atomic mass is 9.95. The number of carbonyl (C=O) groups excluding carboxylic acids is 1. The van der Waals surface area contributed by atoms with E-state index in [0.717, 1.165) is 61.4 Å². The first-order valence-corrected chi connectivity index (χ1v) is 14.3. The maximum atomic E-state index is 13.6. The minimum Gasteiger partial charge on any atom is -0.494 e. The van der Waals surface area contributed by atoms with Gasteiger partial charge in [-0.15, -0.1) is 0 Å². The molecule has 0 N–H and O–H groups in total. The molecular weight excluding hydrogens is 486 g/mol. The number of methoxy groups -OCH3 is 1. The van der Waals surface area contributed by atoms with Crippen LogP contribution in [0.5, 0.6) is 5.75 Å². The van der Waals surface area contributed by atoms with E-state index in [1.807, 2.05) is 24.1 Å². The summed E-state index contributed by atoms with van der Waals surface area (Å²) in [4.78, 5) is 20.7. The molecule has 0 radical (unpaired) electrons. The Labute approximate surface area is 230 Å². The van der Waals surface area contributed by atoms with E-state index in [0.29, 0.717) is 29.6 Å². The lowest BCUT2D eigenvalue weighted by molar-refractivity contribution is 0.0671. The number of carbonyl (C=O) groups is 1. The van der Waals surface area contributed by atoms with Crippen LogP contribution in [0.25, 0.3) is 33.5 Å². The summed E-state index contributed by atoms with van der Waals surface area (Å²) in [7, 11) is 3.69. The number of hydrogen-bond acceptors (Lipinski definition) is 4. The molecule has 2 aliphatic rings. The maximum absolute atomic E-state index is 13.6. The zero-order valence-electron chi connectivity index (χ0n) is 23.2. The van der Waals surface area contributed by atoms with E-state index in [-0.39, 0.29) is 5.91 Å². The van der Waals surface area contributed by atoms with Crippen molar-refractivity contribution >= 4 is 27.8 Å². The van der Waals surface area contributed by atoms with Crippen LogP contribution < -0.4 is 4.74 Å². The Morgan fingerprint density at radius 3 is 2.74 bits per heavy atom. The van der Waals surface area contributed by atoms with Gasteiger partial charge in [-0.25, -0.2) is 4.98 Å². The zero-order valence-corrected chi connectivity index (χ0v) is 23.2. The van der Waals surface area contributed by atoms with Crippen molar-refractivity contribution in [2.75, 3.05) is 20.2 Å². The van der Waals surface area contributed by atoms with Crippen LogP contribution in [-0.4, -0.2) is 45.1 Å². The summed E-state index contributed by atoms with van der Waals surface area (Å²) in [5.41, 5.74) is 5.78. The van der Waals surface area contributed by atoms with Crippen molar-refractivity contribution in [3.05, 3.63) is 47.5 Å². The summed E-state index contributed by atoms with van der Waals surface area (Å²) in [6, 6.07) is 14.7. The van der Waals surface area contributed by atoms with Gasteiger partial charge in [-0.3, -0.25) is 4.79 Å². The first kappa shape index (κ1) is 25.5. The molecule has 3 heterocycles. The van der Waals surface area contributed by atoms with Crippen LogP contribution in [0.2, 0.25) is 0 Å². The number of hydrogen-bond donors (Lipinski definition) is 0. The van der Waals surface area contributed by atoms with E-state index >= 15 is 0 Å². The average Bonchev–Trinajstić information content (AvgIpc) is 3.63. The molecular formula is C32H37N5O2. The van der Waals surface area contributed by atoms with Crippen LogP contribution in [-0.2, 0) is 20.0 Å². The van der Waals surface area contributed by atoms with Gasteiger partial charge >= 0.3 is 0 Å². The smallest absolute Gasteiger partial charge is 0.254 e. The van der Waals surface area contributed by atoms with Crippen molar-refractivity contribution in [1.82, 2.24) is 19.0 Å². The number of nitrogens with zero attached hydrogens (tertiary/aromatic N) is 5. The molecule has 1 amide bonds. The molecule has 1 atom stereocenters. The molecule has 1 aliphatic carbocycles. The molecule has 4 aromatic rings. The number of para-hydroxylation sites is 1. The van der Waals surface area contributed by atoms with Crippen LogP contribution in [0.3, 0.4) is 0 Å². The van der Waals surface area contributed by atoms with Crippen LogP contribution in [0.15, 0.2) is 36.4 Å². The average molecular weight is 524 g/mol. The fourth-order valence-corrected chi connectivity index (χ4v) is 6.31. The van der Waals surface area contributed by atoms with Crippen molar-refractivity contribution in [3.63, 3.8) is 0 Å². The standard InChI is InChI=1S/C32H37N5O2/c1-4-21-8-7-15-36(19-21)32(38)25-16-26-30(28(18-25)39-3)35(2)31(34-26)27-17-24-10-5-9-23(11-6-14-33)29(24)37(27)20-22-12-13-22/h5,9-10,16-18,21-22H,4,6-8,11-13,15,19-20H2,1-3H3/t21-/m1/s1. The van der Waals surface area contributed by atoms with Gasteiger partial charge in [0.2, 0.25) is 0 Å². The summed E-state index contributed by atoms with van der Waals surface area (Å²) in [5, 5.41) is 10.4. The summed E-state index contributed by atoms with van der Waals surface area (Å²) in [6.07, 6.45) is 7.08. The molecule has 39 heavy (non-hydrogen) atoms. The van der Waals surface area contributed by atoms with E-state index in [4.69, 9.17) is 9.72 Å². The summed E-state index contributed by atoms with van der Waals surface area (Å²) in [6.45, 7) is 4.77. The first-order chi connectivity index (χ1) is 19.0. The minimum absolute atomic E-state index is 0.0607. The van der Waals surface area contributed by atoms with E-state index in [1.165, 1.54) is 35.7 Å². The molecule has 0 bridgehead atoms. The van der Waals surface area contributed by atoms with Gasteiger partial charge in [0, 0.05) is 44.1 Å². The Hall–Kier alpha value is -3.79. The molecule has 2 fully saturated rings. The van der Waals surface area contributed by atoms with Crippen LogP contribution >= 0.6 is 0 Å². The van der Waals surface area contributed by atoms with Gasteiger partial charge in [-0.1, -0.05) is 31.5 Å². The summed E-state index contributed by atoms with van der Waals surface area (Å²) in [5.74, 6) is 2.83. The van der Waals surface area contributed by atoms with Crippen LogP contribution in [0, 0.1) is 23.2 Å². The lowest BCUT2D eigenvalue weighted by Gasteiger charge is -2.32. The molecule has 2 aromatic heterocycles. The molecule has 202 valence electrons. The number of ether oxygens (including phenoxy) is 1. The molecule has 1 saturated heterocycles. The summed E-state index contributed by atoms with van der Waals surface area (Å²) < 4.78 is 10.4. The third-order valence-corrected chi connectivity index (χ3v) is 8.66. The topological polar surface area (TPSA) is 76.1 Å². The third kappa shape index (κ3) is 4.67. The Kier molecular flexibility index (Phi) is 6.80. The van der Waals surface area contributed by atoms with Crippen molar-refractivity contribution in [2.24, 2.45) is 18.9 Å². The number of benzene rings is 2. The maximum Gasteiger partial charge on any atom is 0.254 e. The van der Waals surface area contributed by atoms with Crippen molar-refractivity contribution in [2.45, 2.75) is 58.4 Å². The number of likely N-dealkylation sites (tertiary alicyclic amines) is 1. The van der Waals surface area contributed by atoms with Gasteiger partial charge in [0.05, 0.1) is 29.9 Å². The number of piperidine rings is 1. The van der Waals surface area contributed by atoms with Gasteiger partial charge in [-0.05, 0) is 67.7 Å². The van der Waals surface area contributed by atoms with Gasteiger partial charge in [-0.2, -0.15) is 5.26 Å². The fourth-order valence-electron chi connectivity index (χ4n) is 6.31. The summed E-state index contributed by atoms with van der Waals surface area (Å²) >= 11 is 0. The van der Waals surface area contributed by atoms with Crippen LogP contribution in [0.1, 0.15) is 61.4 Å². The Balaban J connectivity index is 1.46. The predicted octanol–water partition coefficient (Wildman–Crippen LogP) is 6.33. The number of aromatic nitrogens is 3.